The molecule has 2 atom stereocenters. The quantitative estimate of drug-likeness (QED) is 0.920. The highest BCUT2D eigenvalue weighted by molar-refractivity contribution is 5.81. The first kappa shape index (κ1) is 16.0. The van der Waals surface area contributed by atoms with E-state index in [0.29, 0.717) is 19.5 Å². The van der Waals surface area contributed by atoms with Crippen molar-refractivity contribution in [3.63, 3.8) is 0 Å². The van der Waals surface area contributed by atoms with Crippen molar-refractivity contribution in [2.24, 2.45) is 11.8 Å². The number of piperidine rings is 1. The predicted octanol–water partition coefficient (Wildman–Crippen LogP) is 1.83. The van der Waals surface area contributed by atoms with Crippen molar-refractivity contribution >= 4 is 11.9 Å². The van der Waals surface area contributed by atoms with Gasteiger partial charge < -0.3 is 10.0 Å². The van der Waals surface area contributed by atoms with Crippen LogP contribution in [0.4, 0.5) is 0 Å². The molecule has 2 aliphatic rings. The summed E-state index contributed by atoms with van der Waals surface area (Å²) in [6.07, 6.45) is 2.53. The van der Waals surface area contributed by atoms with Gasteiger partial charge in [0.25, 0.3) is 0 Å². The zero-order valence-electron chi connectivity index (χ0n) is 13.4. The molecular weight excluding hydrogens is 292 g/mol. The Morgan fingerprint density at radius 2 is 1.83 bits per heavy atom. The average Bonchev–Trinajstić information content (AvgIpc) is 3.06. The molecule has 0 radical (unpaired) electrons. The molecule has 1 amide bonds. The van der Waals surface area contributed by atoms with Crippen LogP contribution in [0.15, 0.2) is 30.3 Å². The zero-order valence-corrected chi connectivity index (χ0v) is 13.4. The van der Waals surface area contributed by atoms with Crippen molar-refractivity contribution in [3.05, 3.63) is 35.9 Å². The van der Waals surface area contributed by atoms with Crippen LogP contribution in [0.1, 0.15) is 24.8 Å². The maximum Gasteiger partial charge on any atom is 0.308 e. The fourth-order valence-corrected chi connectivity index (χ4v) is 3.66. The topological polar surface area (TPSA) is 60.9 Å². The first-order chi connectivity index (χ1) is 11.1. The molecule has 23 heavy (non-hydrogen) atoms. The molecule has 0 bridgehead atoms. The van der Waals surface area contributed by atoms with Crippen LogP contribution in [0.25, 0.3) is 0 Å². The Kier molecular flexibility index (Phi) is 4.96. The molecule has 0 spiro atoms. The molecule has 1 aromatic carbocycles. The summed E-state index contributed by atoms with van der Waals surface area (Å²) in [6.45, 7) is 3.65. The number of carbonyl (C=O) groups excluding carboxylic acids is 1. The van der Waals surface area contributed by atoms with Crippen LogP contribution >= 0.6 is 0 Å². The van der Waals surface area contributed by atoms with Crippen molar-refractivity contribution in [1.29, 1.82) is 0 Å². The van der Waals surface area contributed by atoms with Crippen LogP contribution in [-0.4, -0.2) is 53.0 Å². The monoisotopic (exact) mass is 316 g/mol. The lowest BCUT2D eigenvalue weighted by molar-refractivity contribution is -0.142. The van der Waals surface area contributed by atoms with Gasteiger partial charge >= 0.3 is 5.97 Å². The number of rotatable bonds is 4. The molecule has 5 nitrogen and oxygen atoms in total. The summed E-state index contributed by atoms with van der Waals surface area (Å²) in [4.78, 5) is 27.8. The van der Waals surface area contributed by atoms with Gasteiger partial charge in [0.2, 0.25) is 5.91 Å². The zero-order chi connectivity index (χ0) is 16.2. The minimum Gasteiger partial charge on any atom is -0.481 e. The van der Waals surface area contributed by atoms with Crippen molar-refractivity contribution in [3.8, 4) is 0 Å². The number of carboxylic acids is 1. The van der Waals surface area contributed by atoms with Gasteiger partial charge in [-0.1, -0.05) is 30.3 Å². The summed E-state index contributed by atoms with van der Waals surface area (Å²) in [6, 6.07) is 10.3. The molecule has 2 fully saturated rings. The smallest absolute Gasteiger partial charge is 0.308 e. The third-order valence-electron chi connectivity index (χ3n) is 4.95. The Hall–Kier alpha value is -1.88. The molecule has 1 aromatic rings. The van der Waals surface area contributed by atoms with Gasteiger partial charge in [-0.25, -0.2) is 0 Å². The number of amides is 1. The van der Waals surface area contributed by atoms with E-state index in [-0.39, 0.29) is 17.7 Å². The molecule has 0 unspecified atom stereocenters. The number of likely N-dealkylation sites (tertiary alicyclic amines) is 2. The van der Waals surface area contributed by atoms with Crippen molar-refractivity contribution in [1.82, 2.24) is 9.80 Å². The first-order valence-electron chi connectivity index (χ1n) is 8.41. The van der Waals surface area contributed by atoms with Gasteiger partial charge in [-0.15, -0.1) is 0 Å². The highest BCUT2D eigenvalue weighted by Gasteiger charge is 2.35. The second-order valence-corrected chi connectivity index (χ2v) is 6.67. The lowest BCUT2D eigenvalue weighted by Crippen LogP contribution is -2.44. The second-order valence-electron chi connectivity index (χ2n) is 6.67. The van der Waals surface area contributed by atoms with E-state index < -0.39 is 5.97 Å². The highest BCUT2D eigenvalue weighted by atomic mass is 16.4. The van der Waals surface area contributed by atoms with Gasteiger partial charge in [0.1, 0.15) is 0 Å². The standard InChI is InChI=1S/C18H24N2O3/c21-17(20-10-8-16(13-20)18(22)23)15-7-4-9-19(12-15)11-14-5-2-1-3-6-14/h1-3,5-6,15-16H,4,7-13H2,(H,22,23)/t15-,16-/m0/s1. The summed E-state index contributed by atoms with van der Waals surface area (Å²) >= 11 is 0. The number of carbonyl (C=O) groups is 2. The van der Waals surface area contributed by atoms with Crippen LogP contribution in [0.2, 0.25) is 0 Å². The Morgan fingerprint density at radius 1 is 1.04 bits per heavy atom. The maximum atomic E-state index is 12.7. The van der Waals surface area contributed by atoms with E-state index in [4.69, 9.17) is 5.11 Å². The molecule has 0 aliphatic carbocycles. The molecule has 2 saturated heterocycles. The number of benzene rings is 1. The van der Waals surface area contributed by atoms with E-state index in [0.717, 1.165) is 32.5 Å². The van der Waals surface area contributed by atoms with Crippen LogP contribution < -0.4 is 0 Å². The largest absolute Gasteiger partial charge is 0.481 e. The lowest BCUT2D eigenvalue weighted by Gasteiger charge is -2.34. The number of carboxylic acid groups (broad SMARTS) is 1. The van der Waals surface area contributed by atoms with Gasteiger partial charge in [-0.2, -0.15) is 0 Å². The maximum absolute atomic E-state index is 12.7. The third-order valence-corrected chi connectivity index (χ3v) is 4.95. The van der Waals surface area contributed by atoms with E-state index in [1.165, 1.54) is 5.56 Å². The molecule has 1 N–H and O–H groups in total. The summed E-state index contributed by atoms with van der Waals surface area (Å²) in [5, 5.41) is 9.08. The van der Waals surface area contributed by atoms with Crippen LogP contribution in [0.3, 0.4) is 0 Å². The highest BCUT2D eigenvalue weighted by Crippen LogP contribution is 2.24. The minimum absolute atomic E-state index is 0.0139. The van der Waals surface area contributed by atoms with Crippen LogP contribution in [0, 0.1) is 11.8 Å². The van der Waals surface area contributed by atoms with E-state index in [1.807, 2.05) is 18.2 Å². The summed E-state index contributed by atoms with van der Waals surface area (Å²) < 4.78 is 0. The Morgan fingerprint density at radius 3 is 2.52 bits per heavy atom. The van der Waals surface area contributed by atoms with E-state index in [2.05, 4.69) is 17.0 Å². The van der Waals surface area contributed by atoms with Crippen molar-refractivity contribution in [2.45, 2.75) is 25.8 Å². The fourth-order valence-electron chi connectivity index (χ4n) is 3.66. The molecule has 0 aromatic heterocycles. The van der Waals surface area contributed by atoms with Crippen LogP contribution in [-0.2, 0) is 16.1 Å². The normalized spacial score (nSPS) is 25.5. The molecule has 0 saturated carbocycles. The predicted molar refractivity (Wildman–Crippen MR) is 86.8 cm³/mol. The van der Waals surface area contributed by atoms with Gasteiger partial charge in [0.15, 0.2) is 0 Å². The minimum atomic E-state index is -0.783. The Balaban J connectivity index is 1.56. The van der Waals surface area contributed by atoms with Gasteiger partial charge in [-0.3, -0.25) is 14.5 Å². The summed E-state index contributed by atoms with van der Waals surface area (Å²) in [5.41, 5.74) is 1.27. The molecule has 2 aliphatic heterocycles. The second kappa shape index (κ2) is 7.13. The number of hydrogen-bond acceptors (Lipinski definition) is 3. The summed E-state index contributed by atoms with van der Waals surface area (Å²) in [7, 11) is 0. The van der Waals surface area contributed by atoms with Crippen molar-refractivity contribution in [2.75, 3.05) is 26.2 Å². The van der Waals surface area contributed by atoms with Crippen molar-refractivity contribution < 1.29 is 14.7 Å². The van der Waals surface area contributed by atoms with E-state index in [9.17, 15) is 9.59 Å². The lowest BCUT2D eigenvalue weighted by atomic mass is 9.96. The van der Waals surface area contributed by atoms with Gasteiger partial charge in [-0.05, 0) is 31.4 Å². The number of nitrogens with zero attached hydrogens (tertiary/aromatic N) is 2. The summed E-state index contributed by atoms with van der Waals surface area (Å²) in [5.74, 6) is -1.01. The third kappa shape index (κ3) is 3.91. The average molecular weight is 316 g/mol. The number of hydrogen-bond donors (Lipinski definition) is 1. The van der Waals surface area contributed by atoms with Gasteiger partial charge in [0, 0.05) is 26.2 Å². The SMILES string of the molecule is O=C(O)[C@H]1CCN(C(=O)[C@H]2CCCN(Cc3ccccc3)C2)C1. The van der Waals surface area contributed by atoms with E-state index >= 15 is 0 Å². The molecule has 3 rings (SSSR count). The molecule has 5 heteroatoms. The molecule has 124 valence electrons. The van der Waals surface area contributed by atoms with Gasteiger partial charge in [0.05, 0.1) is 11.8 Å². The van der Waals surface area contributed by atoms with Crippen LogP contribution in [0.5, 0.6) is 0 Å². The Labute approximate surface area is 136 Å². The van der Waals surface area contributed by atoms with E-state index in [1.54, 1.807) is 4.90 Å². The Bertz CT molecular complexity index is 561. The fraction of sp³-hybridized carbons (Fsp3) is 0.556. The molecule has 2 heterocycles. The first-order valence-corrected chi connectivity index (χ1v) is 8.41. The number of aliphatic carboxylic acids is 1. The molecular formula is C18H24N2O3.